The maximum Gasteiger partial charge on any atom is 0.282 e. The van der Waals surface area contributed by atoms with E-state index >= 15 is 0 Å². The number of thiophene rings is 1. The third-order valence-corrected chi connectivity index (χ3v) is 4.77. The van der Waals surface area contributed by atoms with Gasteiger partial charge in [0.1, 0.15) is 11.2 Å². The Morgan fingerprint density at radius 1 is 1.50 bits per heavy atom. The van der Waals surface area contributed by atoms with Gasteiger partial charge in [-0.1, -0.05) is 6.92 Å². The van der Waals surface area contributed by atoms with E-state index in [0.717, 1.165) is 26.8 Å². The van der Waals surface area contributed by atoms with E-state index in [9.17, 15) is 4.79 Å². The van der Waals surface area contributed by atoms with E-state index in [0.29, 0.717) is 5.39 Å². The number of rotatable bonds is 3. The number of aromatic nitrogens is 3. The van der Waals surface area contributed by atoms with Gasteiger partial charge in [-0.15, -0.1) is 22.7 Å². The number of aryl methyl sites for hydroxylation is 2. The molecule has 0 aliphatic carbocycles. The third kappa shape index (κ3) is 2.41. The number of fused-ring (bicyclic) bond motifs is 1. The summed E-state index contributed by atoms with van der Waals surface area (Å²) in [4.78, 5) is 22.8. The molecule has 20 heavy (non-hydrogen) atoms. The van der Waals surface area contributed by atoms with Crippen LogP contribution >= 0.6 is 22.7 Å². The normalized spacial score (nSPS) is 11.7. The molecule has 0 amide bonds. The fraction of sp³-hybridized carbons (Fsp3) is 0.231. The van der Waals surface area contributed by atoms with Crippen LogP contribution in [0.25, 0.3) is 10.2 Å². The zero-order valence-electron chi connectivity index (χ0n) is 11.0. The zero-order chi connectivity index (χ0) is 14.1. The van der Waals surface area contributed by atoms with Gasteiger partial charge in [-0.2, -0.15) is 9.78 Å². The maximum atomic E-state index is 12.3. The molecular weight excluding hydrogens is 292 g/mol. The second kappa shape index (κ2) is 5.26. The average Bonchev–Trinajstić information content (AvgIpc) is 3.04. The van der Waals surface area contributed by atoms with Gasteiger partial charge in [0.15, 0.2) is 0 Å². The number of hydrogen-bond donors (Lipinski definition) is 0. The van der Waals surface area contributed by atoms with Crippen LogP contribution in [0.1, 0.15) is 22.5 Å². The lowest BCUT2D eigenvalue weighted by molar-refractivity contribution is 0.818. The summed E-state index contributed by atoms with van der Waals surface area (Å²) in [5.41, 5.74) is 0.605. The summed E-state index contributed by atoms with van der Waals surface area (Å²) in [6, 6.07) is 1.90. The summed E-state index contributed by atoms with van der Waals surface area (Å²) in [6.07, 6.45) is 3.93. The fourth-order valence-electron chi connectivity index (χ4n) is 1.78. The van der Waals surface area contributed by atoms with Crippen LogP contribution in [0.2, 0.25) is 0 Å². The molecule has 5 nitrogen and oxygen atoms in total. The minimum absolute atomic E-state index is 0.144. The molecule has 0 N–H and O–H groups in total. The van der Waals surface area contributed by atoms with Crippen molar-refractivity contribution < 1.29 is 0 Å². The van der Waals surface area contributed by atoms with Crippen LogP contribution in [0.15, 0.2) is 27.7 Å². The Balaban J connectivity index is 2.01. The van der Waals surface area contributed by atoms with Gasteiger partial charge in [0.2, 0.25) is 0 Å². The lowest BCUT2D eigenvalue weighted by Crippen LogP contribution is -2.16. The lowest BCUT2D eigenvalue weighted by Gasteiger charge is -1.95. The van der Waals surface area contributed by atoms with Crippen molar-refractivity contribution in [2.45, 2.75) is 20.3 Å². The Morgan fingerprint density at radius 2 is 2.35 bits per heavy atom. The van der Waals surface area contributed by atoms with Crippen LogP contribution in [0.5, 0.6) is 0 Å². The first kappa shape index (κ1) is 13.1. The van der Waals surface area contributed by atoms with Crippen molar-refractivity contribution in [3.8, 4) is 0 Å². The van der Waals surface area contributed by atoms with Crippen molar-refractivity contribution in [3.63, 3.8) is 0 Å². The Kier molecular flexibility index (Phi) is 3.45. The summed E-state index contributed by atoms with van der Waals surface area (Å²) in [7, 11) is 0. The second-order valence-corrected chi connectivity index (χ2v) is 6.39. The first-order chi connectivity index (χ1) is 9.67. The first-order valence-corrected chi connectivity index (χ1v) is 7.83. The van der Waals surface area contributed by atoms with Gasteiger partial charge in [0, 0.05) is 10.3 Å². The molecule has 3 aromatic heterocycles. The molecule has 0 aliphatic heterocycles. The van der Waals surface area contributed by atoms with Crippen molar-refractivity contribution in [2.75, 3.05) is 0 Å². The molecule has 3 heterocycles. The first-order valence-electron chi connectivity index (χ1n) is 6.14. The smallest absolute Gasteiger partial charge is 0.267 e. The van der Waals surface area contributed by atoms with Gasteiger partial charge >= 0.3 is 0 Å². The van der Waals surface area contributed by atoms with Crippen molar-refractivity contribution in [1.82, 2.24) is 14.6 Å². The van der Waals surface area contributed by atoms with Gasteiger partial charge in [-0.25, -0.2) is 9.97 Å². The van der Waals surface area contributed by atoms with E-state index in [2.05, 4.69) is 22.0 Å². The maximum absolute atomic E-state index is 12.3. The Labute approximate surface area is 123 Å². The molecule has 0 saturated carbocycles. The predicted molar refractivity (Wildman–Crippen MR) is 83.1 cm³/mol. The Morgan fingerprint density at radius 3 is 3.05 bits per heavy atom. The Bertz CT molecular complexity index is 844. The van der Waals surface area contributed by atoms with Crippen LogP contribution in [-0.4, -0.2) is 20.9 Å². The molecule has 7 heteroatoms. The highest BCUT2D eigenvalue weighted by atomic mass is 32.1. The highest BCUT2D eigenvalue weighted by Gasteiger charge is 2.07. The average molecular weight is 304 g/mol. The van der Waals surface area contributed by atoms with Crippen molar-refractivity contribution in [3.05, 3.63) is 43.7 Å². The molecule has 3 rings (SSSR count). The molecule has 3 aromatic rings. The van der Waals surface area contributed by atoms with Crippen molar-refractivity contribution >= 4 is 39.1 Å². The highest BCUT2D eigenvalue weighted by Crippen LogP contribution is 2.20. The molecule has 102 valence electrons. The molecule has 0 atom stereocenters. The molecule has 0 saturated heterocycles. The zero-order valence-corrected chi connectivity index (χ0v) is 12.7. The van der Waals surface area contributed by atoms with Crippen molar-refractivity contribution in [1.29, 1.82) is 0 Å². The van der Waals surface area contributed by atoms with E-state index in [1.54, 1.807) is 28.9 Å². The van der Waals surface area contributed by atoms with E-state index in [-0.39, 0.29) is 5.56 Å². The standard InChI is InChI=1S/C13H12N4OS2/c1-3-10-4-11-12(20-10)14-7-17(13(11)18)15-5-9-6-19-8(2)16-9/h4-7H,3H2,1-2H3/b15-5-. The van der Waals surface area contributed by atoms with Gasteiger partial charge < -0.3 is 0 Å². The van der Waals surface area contributed by atoms with Crippen LogP contribution < -0.4 is 5.56 Å². The highest BCUT2D eigenvalue weighted by molar-refractivity contribution is 7.18. The van der Waals surface area contributed by atoms with E-state index in [1.165, 1.54) is 11.0 Å². The summed E-state index contributed by atoms with van der Waals surface area (Å²) in [5.74, 6) is 0. The second-order valence-electron chi connectivity index (χ2n) is 4.22. The topological polar surface area (TPSA) is 60.1 Å². The van der Waals surface area contributed by atoms with Gasteiger partial charge in [-0.05, 0) is 19.4 Å². The SMILES string of the molecule is CCc1cc2c(=O)n(/N=C\c3csc(C)n3)cnc2s1. The van der Waals surface area contributed by atoms with Crippen LogP contribution in [0, 0.1) is 6.92 Å². The van der Waals surface area contributed by atoms with Gasteiger partial charge in [0.25, 0.3) is 5.56 Å². The van der Waals surface area contributed by atoms with E-state index in [4.69, 9.17) is 0 Å². The molecule has 0 radical (unpaired) electrons. The van der Waals surface area contributed by atoms with Gasteiger partial charge in [-0.3, -0.25) is 4.79 Å². The number of nitrogens with zero attached hydrogens (tertiary/aromatic N) is 4. The molecule has 0 unspecified atom stereocenters. The van der Waals surface area contributed by atoms with E-state index in [1.807, 2.05) is 18.4 Å². The summed E-state index contributed by atoms with van der Waals surface area (Å²) < 4.78 is 1.25. The molecule has 0 fully saturated rings. The van der Waals surface area contributed by atoms with Crippen LogP contribution in [0.3, 0.4) is 0 Å². The molecular formula is C13H12N4OS2. The third-order valence-electron chi connectivity index (χ3n) is 2.79. The predicted octanol–water partition coefficient (Wildman–Crippen LogP) is 2.67. The van der Waals surface area contributed by atoms with Crippen molar-refractivity contribution in [2.24, 2.45) is 5.10 Å². The fourth-order valence-corrected chi connectivity index (χ4v) is 3.27. The number of thiazole rings is 1. The quantitative estimate of drug-likeness (QED) is 0.699. The molecule has 0 aliphatic rings. The van der Waals surface area contributed by atoms with Gasteiger partial charge in [0.05, 0.1) is 22.3 Å². The molecule has 0 aromatic carbocycles. The summed E-state index contributed by atoms with van der Waals surface area (Å²) in [5, 5.41) is 7.63. The summed E-state index contributed by atoms with van der Waals surface area (Å²) in [6.45, 7) is 3.99. The minimum atomic E-state index is -0.144. The molecule has 0 bridgehead atoms. The molecule has 0 spiro atoms. The van der Waals surface area contributed by atoms with Crippen LogP contribution in [0.4, 0.5) is 0 Å². The lowest BCUT2D eigenvalue weighted by atomic mass is 10.3. The summed E-state index contributed by atoms with van der Waals surface area (Å²) >= 11 is 3.10. The Hall–Kier alpha value is -1.86. The van der Waals surface area contributed by atoms with E-state index < -0.39 is 0 Å². The number of hydrogen-bond acceptors (Lipinski definition) is 6. The van der Waals surface area contributed by atoms with Crippen LogP contribution in [-0.2, 0) is 6.42 Å². The minimum Gasteiger partial charge on any atom is -0.267 e. The largest absolute Gasteiger partial charge is 0.282 e. The monoisotopic (exact) mass is 304 g/mol.